The number of hydrogen-bond donors (Lipinski definition) is 2. The summed E-state index contributed by atoms with van der Waals surface area (Å²) in [4.78, 5) is 29.6. The molecule has 1 aliphatic rings. The molecule has 0 aliphatic carbocycles. The summed E-state index contributed by atoms with van der Waals surface area (Å²) >= 11 is 6.04. The summed E-state index contributed by atoms with van der Waals surface area (Å²) in [5.74, 6) is -0.295. The molecule has 4 rings (SSSR count). The number of benzene rings is 2. The van der Waals surface area contributed by atoms with Crippen LogP contribution in [0, 0.1) is 0 Å². The average Bonchev–Trinajstić information content (AvgIpc) is 3.35. The molecule has 2 heterocycles. The summed E-state index contributed by atoms with van der Waals surface area (Å²) in [5, 5.41) is 10.5. The van der Waals surface area contributed by atoms with Gasteiger partial charge >= 0.3 is 0 Å². The van der Waals surface area contributed by atoms with E-state index in [1.54, 1.807) is 43.3 Å². The monoisotopic (exact) mass is 453 g/mol. The molecule has 9 heteroatoms. The minimum Gasteiger partial charge on any atom is -0.381 e. The van der Waals surface area contributed by atoms with Crippen molar-refractivity contribution in [2.45, 2.75) is 31.2 Å². The van der Waals surface area contributed by atoms with E-state index in [1.807, 2.05) is 12.1 Å². The lowest BCUT2D eigenvalue weighted by Gasteiger charge is -2.36. The van der Waals surface area contributed by atoms with E-state index in [9.17, 15) is 9.59 Å². The molecule has 1 aromatic heterocycles. The Labute approximate surface area is 190 Å². The molecule has 0 radical (unpaired) electrons. The standard InChI is InChI=1S/C23H24ClN5O3/c1-16(29-15-25-14-26-29)21(30)27-19-6-8-20(9-7-19)28-22(31)23(10-12-32-13-11-23)17-2-4-18(24)5-3-17/h2-9,14-16H,10-13H2,1H3,(H,27,30)(H,28,31). The minimum atomic E-state index is -0.678. The van der Waals surface area contributed by atoms with Gasteiger partial charge in [0.05, 0.1) is 5.41 Å². The summed E-state index contributed by atoms with van der Waals surface area (Å²) in [6.45, 7) is 2.78. The number of carbonyl (C=O) groups is 2. The van der Waals surface area contributed by atoms with Gasteiger partial charge in [-0.05, 0) is 61.7 Å². The second-order valence-corrected chi connectivity index (χ2v) is 8.21. The van der Waals surface area contributed by atoms with Crippen LogP contribution in [-0.2, 0) is 19.7 Å². The first-order chi connectivity index (χ1) is 15.5. The van der Waals surface area contributed by atoms with Crippen LogP contribution < -0.4 is 10.6 Å². The van der Waals surface area contributed by atoms with Crippen molar-refractivity contribution in [1.82, 2.24) is 14.8 Å². The molecule has 0 saturated carbocycles. The topological polar surface area (TPSA) is 98.1 Å². The van der Waals surface area contributed by atoms with Gasteiger partial charge in [-0.15, -0.1) is 0 Å². The highest BCUT2D eigenvalue weighted by molar-refractivity contribution is 6.30. The molecule has 1 aliphatic heterocycles. The number of ether oxygens (including phenoxy) is 1. The Kier molecular flexibility index (Phi) is 6.53. The van der Waals surface area contributed by atoms with Gasteiger partial charge in [0.25, 0.3) is 0 Å². The van der Waals surface area contributed by atoms with E-state index in [4.69, 9.17) is 16.3 Å². The molecule has 1 fully saturated rings. The Bertz CT molecular complexity index is 1060. The molecule has 166 valence electrons. The zero-order valence-electron chi connectivity index (χ0n) is 17.6. The van der Waals surface area contributed by atoms with Crippen LogP contribution in [0.25, 0.3) is 0 Å². The SMILES string of the molecule is CC(C(=O)Nc1ccc(NC(=O)C2(c3ccc(Cl)cc3)CCOCC2)cc1)n1cncn1. The Hall–Kier alpha value is -3.23. The summed E-state index contributed by atoms with van der Waals surface area (Å²) in [5.41, 5.74) is 1.52. The second kappa shape index (κ2) is 9.50. The minimum absolute atomic E-state index is 0.0836. The second-order valence-electron chi connectivity index (χ2n) is 7.77. The van der Waals surface area contributed by atoms with Gasteiger partial charge in [0, 0.05) is 29.6 Å². The van der Waals surface area contributed by atoms with Crippen molar-refractivity contribution < 1.29 is 14.3 Å². The van der Waals surface area contributed by atoms with Gasteiger partial charge in [-0.1, -0.05) is 23.7 Å². The van der Waals surface area contributed by atoms with Gasteiger partial charge in [-0.2, -0.15) is 5.10 Å². The predicted molar refractivity (Wildman–Crippen MR) is 122 cm³/mol. The van der Waals surface area contributed by atoms with E-state index in [-0.39, 0.29) is 11.8 Å². The lowest BCUT2D eigenvalue weighted by atomic mass is 9.73. The summed E-state index contributed by atoms with van der Waals surface area (Å²) in [6.07, 6.45) is 4.07. The van der Waals surface area contributed by atoms with Crippen molar-refractivity contribution in [1.29, 1.82) is 0 Å². The molecule has 1 unspecified atom stereocenters. The molecule has 2 N–H and O–H groups in total. The highest BCUT2D eigenvalue weighted by Gasteiger charge is 2.41. The van der Waals surface area contributed by atoms with Crippen molar-refractivity contribution in [2.75, 3.05) is 23.8 Å². The van der Waals surface area contributed by atoms with Crippen LogP contribution in [0.2, 0.25) is 5.02 Å². The van der Waals surface area contributed by atoms with Gasteiger partial charge < -0.3 is 15.4 Å². The number of amides is 2. The molecule has 32 heavy (non-hydrogen) atoms. The van der Waals surface area contributed by atoms with Crippen LogP contribution in [0.5, 0.6) is 0 Å². The zero-order valence-corrected chi connectivity index (χ0v) is 18.4. The molecule has 0 bridgehead atoms. The third kappa shape index (κ3) is 4.66. The average molecular weight is 454 g/mol. The van der Waals surface area contributed by atoms with E-state index in [0.717, 1.165) is 5.56 Å². The molecule has 2 aromatic carbocycles. The fraction of sp³-hybridized carbons (Fsp3) is 0.304. The number of nitrogens with zero attached hydrogens (tertiary/aromatic N) is 3. The van der Waals surface area contributed by atoms with Crippen molar-refractivity contribution in [3.05, 3.63) is 71.8 Å². The first-order valence-electron chi connectivity index (χ1n) is 10.4. The van der Waals surface area contributed by atoms with Gasteiger partial charge in [0.2, 0.25) is 11.8 Å². The maximum atomic E-state index is 13.4. The Morgan fingerprint density at radius 2 is 1.66 bits per heavy atom. The Morgan fingerprint density at radius 3 is 2.25 bits per heavy atom. The third-order valence-corrected chi connectivity index (χ3v) is 6.05. The predicted octanol–water partition coefficient (Wildman–Crippen LogP) is 3.82. The van der Waals surface area contributed by atoms with E-state index >= 15 is 0 Å². The number of aromatic nitrogens is 3. The Balaban J connectivity index is 1.45. The molecule has 2 amide bonds. The fourth-order valence-corrected chi connectivity index (χ4v) is 3.93. The van der Waals surface area contributed by atoms with E-state index in [0.29, 0.717) is 42.5 Å². The molecule has 1 saturated heterocycles. The summed E-state index contributed by atoms with van der Waals surface area (Å²) < 4.78 is 6.99. The van der Waals surface area contributed by atoms with E-state index < -0.39 is 11.5 Å². The molecule has 8 nitrogen and oxygen atoms in total. The first-order valence-corrected chi connectivity index (χ1v) is 10.8. The van der Waals surface area contributed by atoms with Crippen molar-refractivity contribution in [2.24, 2.45) is 0 Å². The number of hydrogen-bond acceptors (Lipinski definition) is 5. The van der Waals surface area contributed by atoms with E-state index in [1.165, 1.54) is 17.3 Å². The lowest BCUT2D eigenvalue weighted by molar-refractivity contribution is -0.125. The van der Waals surface area contributed by atoms with Crippen molar-refractivity contribution in [3.63, 3.8) is 0 Å². The first kappa shape index (κ1) is 22.0. The van der Waals surface area contributed by atoms with Crippen molar-refractivity contribution in [3.8, 4) is 0 Å². The van der Waals surface area contributed by atoms with Gasteiger partial charge in [-0.25, -0.2) is 9.67 Å². The molecular weight excluding hydrogens is 430 g/mol. The number of nitrogens with one attached hydrogen (secondary N) is 2. The number of rotatable bonds is 6. The third-order valence-electron chi connectivity index (χ3n) is 5.80. The van der Waals surface area contributed by atoms with Crippen LogP contribution in [0.1, 0.15) is 31.4 Å². The van der Waals surface area contributed by atoms with Gasteiger partial charge in [0.15, 0.2) is 0 Å². The highest BCUT2D eigenvalue weighted by Crippen LogP contribution is 2.36. The maximum Gasteiger partial charge on any atom is 0.249 e. The largest absolute Gasteiger partial charge is 0.381 e. The smallest absolute Gasteiger partial charge is 0.249 e. The molecule has 1 atom stereocenters. The maximum absolute atomic E-state index is 13.4. The molecule has 3 aromatic rings. The highest BCUT2D eigenvalue weighted by atomic mass is 35.5. The number of carbonyl (C=O) groups excluding carboxylic acids is 2. The van der Waals surface area contributed by atoms with Crippen LogP contribution in [-0.4, -0.2) is 39.8 Å². The fourth-order valence-electron chi connectivity index (χ4n) is 3.81. The lowest BCUT2D eigenvalue weighted by Crippen LogP contribution is -2.44. The van der Waals surface area contributed by atoms with Crippen LogP contribution in [0.3, 0.4) is 0 Å². The van der Waals surface area contributed by atoms with Crippen molar-refractivity contribution >= 4 is 34.8 Å². The summed E-state index contributed by atoms with van der Waals surface area (Å²) in [6, 6.07) is 14.0. The molecule has 0 spiro atoms. The van der Waals surface area contributed by atoms with Crippen LogP contribution >= 0.6 is 11.6 Å². The molecular formula is C23H24ClN5O3. The zero-order chi connectivity index (χ0) is 22.6. The number of anilines is 2. The van der Waals surface area contributed by atoms with E-state index in [2.05, 4.69) is 20.7 Å². The van der Waals surface area contributed by atoms with Gasteiger partial charge in [0.1, 0.15) is 18.7 Å². The van der Waals surface area contributed by atoms with Gasteiger partial charge in [-0.3, -0.25) is 9.59 Å². The van der Waals surface area contributed by atoms with Crippen LogP contribution in [0.4, 0.5) is 11.4 Å². The quantitative estimate of drug-likeness (QED) is 0.591. The number of halogens is 1. The van der Waals surface area contributed by atoms with Crippen LogP contribution in [0.15, 0.2) is 61.2 Å². The summed E-state index contributed by atoms with van der Waals surface area (Å²) in [7, 11) is 0. The normalized spacial score (nSPS) is 16.2. The Morgan fingerprint density at radius 1 is 1.03 bits per heavy atom.